The molecule has 0 saturated carbocycles. The Bertz CT molecular complexity index is 1990. The Morgan fingerprint density at radius 3 is 1.87 bits per heavy atom. The van der Waals surface area contributed by atoms with Gasteiger partial charge in [0, 0.05) is 22.2 Å². The first-order chi connectivity index (χ1) is 23.2. The second kappa shape index (κ2) is 14.3. The highest BCUT2D eigenvalue weighted by atomic mass is 35.5. The van der Waals surface area contributed by atoms with E-state index in [0.717, 1.165) is 91.9 Å². The number of hydrogen-bond donors (Lipinski definition) is 0. The molecule has 3 heteroatoms. The Labute approximate surface area is 281 Å². The Balaban J connectivity index is 1.19. The molecular weight excluding hydrogens is 596 g/mol. The maximum Gasteiger partial charge on any atom is 0.361 e. The maximum absolute atomic E-state index is 7.07. The Morgan fingerprint density at radius 2 is 1.19 bits per heavy atom. The Morgan fingerprint density at radius 1 is 0.574 bits per heavy atom. The lowest BCUT2D eigenvalue weighted by Gasteiger charge is -2.19. The van der Waals surface area contributed by atoms with Gasteiger partial charge in [-0.15, -0.1) is 0 Å². The molecule has 0 amide bonds. The zero-order chi connectivity index (χ0) is 31.8. The summed E-state index contributed by atoms with van der Waals surface area (Å²) in [6.07, 6.45) is 15.3. The molecule has 0 N–H and O–H groups in total. The molecule has 47 heavy (non-hydrogen) atoms. The van der Waals surface area contributed by atoms with Gasteiger partial charge in [0.2, 0.25) is 0 Å². The summed E-state index contributed by atoms with van der Waals surface area (Å²) in [5, 5.41) is 0.786. The highest BCUT2D eigenvalue weighted by molar-refractivity contribution is 6.32. The van der Waals surface area contributed by atoms with E-state index in [0.29, 0.717) is 0 Å². The summed E-state index contributed by atoms with van der Waals surface area (Å²) < 4.78 is 12.8. The quantitative estimate of drug-likeness (QED) is 0.167. The molecule has 1 aromatic heterocycles. The first kappa shape index (κ1) is 30.2. The van der Waals surface area contributed by atoms with E-state index < -0.39 is 0 Å². The molecule has 0 fully saturated rings. The number of rotatable bonds is 7. The molecule has 2 aliphatic rings. The third-order valence-electron chi connectivity index (χ3n) is 8.31. The lowest BCUT2D eigenvalue weighted by molar-refractivity contribution is 0.398. The van der Waals surface area contributed by atoms with E-state index in [1.807, 2.05) is 60.7 Å². The SMILES string of the molecule is ClC1=C(C=Cc2cc(-c3ccccc3)cc(-c3ccccc3)[o+]2)CCCC1=CC=C1C=C(c2ccccc2)C=C(c2ccccc2)O1. The molecule has 0 spiro atoms. The van der Waals surface area contributed by atoms with Crippen molar-refractivity contribution >= 4 is 29.0 Å². The first-order valence-corrected chi connectivity index (χ1v) is 16.4. The zero-order valence-electron chi connectivity index (χ0n) is 26.0. The van der Waals surface area contributed by atoms with Crippen LogP contribution in [-0.4, -0.2) is 0 Å². The van der Waals surface area contributed by atoms with Crippen LogP contribution in [-0.2, 0) is 4.74 Å². The van der Waals surface area contributed by atoms with E-state index in [4.69, 9.17) is 20.8 Å². The fraction of sp³-hybridized carbons (Fsp3) is 0.0682. The smallest absolute Gasteiger partial charge is 0.361 e. The van der Waals surface area contributed by atoms with Crippen molar-refractivity contribution in [2.45, 2.75) is 19.3 Å². The summed E-state index contributed by atoms with van der Waals surface area (Å²) in [5.74, 6) is 3.19. The van der Waals surface area contributed by atoms with E-state index in [-0.39, 0.29) is 0 Å². The molecule has 0 atom stereocenters. The van der Waals surface area contributed by atoms with Crippen molar-refractivity contribution < 1.29 is 9.15 Å². The van der Waals surface area contributed by atoms with Crippen molar-refractivity contribution in [1.82, 2.24) is 0 Å². The predicted molar refractivity (Wildman–Crippen MR) is 196 cm³/mol. The van der Waals surface area contributed by atoms with Gasteiger partial charge in [-0.05, 0) is 83.5 Å². The van der Waals surface area contributed by atoms with Gasteiger partial charge in [0.1, 0.15) is 11.5 Å². The van der Waals surface area contributed by atoms with Crippen molar-refractivity contribution in [1.29, 1.82) is 0 Å². The normalized spacial score (nSPS) is 16.7. The van der Waals surface area contributed by atoms with E-state index in [1.54, 1.807) is 0 Å². The Kier molecular flexibility index (Phi) is 9.21. The molecule has 0 saturated heterocycles. The topological polar surface area (TPSA) is 20.5 Å². The van der Waals surface area contributed by atoms with Gasteiger partial charge in [0.25, 0.3) is 0 Å². The van der Waals surface area contributed by atoms with Gasteiger partial charge < -0.3 is 4.74 Å². The van der Waals surface area contributed by atoms with Crippen LogP contribution in [0, 0.1) is 0 Å². The number of benzene rings is 4. The minimum Gasteiger partial charge on any atom is -0.457 e. The fourth-order valence-corrected chi connectivity index (χ4v) is 6.18. The Hall–Kier alpha value is -5.44. The zero-order valence-corrected chi connectivity index (χ0v) is 26.7. The van der Waals surface area contributed by atoms with Crippen LogP contribution in [0.1, 0.15) is 36.1 Å². The monoisotopic (exact) mass is 629 g/mol. The molecular formula is C44H34ClO2+. The lowest BCUT2D eigenvalue weighted by atomic mass is 9.93. The lowest BCUT2D eigenvalue weighted by Crippen LogP contribution is -2.00. The first-order valence-electron chi connectivity index (χ1n) is 16.0. The highest BCUT2D eigenvalue weighted by Crippen LogP contribution is 2.36. The van der Waals surface area contributed by atoms with Crippen LogP contribution in [0.4, 0.5) is 0 Å². The van der Waals surface area contributed by atoms with Crippen LogP contribution in [0.25, 0.3) is 39.9 Å². The summed E-state index contributed by atoms with van der Waals surface area (Å²) in [6, 6.07) is 45.4. The van der Waals surface area contributed by atoms with Crippen molar-refractivity contribution in [3.63, 3.8) is 0 Å². The van der Waals surface area contributed by atoms with E-state index >= 15 is 0 Å². The number of hydrogen-bond acceptors (Lipinski definition) is 1. The van der Waals surface area contributed by atoms with E-state index in [9.17, 15) is 0 Å². The van der Waals surface area contributed by atoms with Gasteiger partial charge in [0.15, 0.2) is 0 Å². The molecule has 5 aromatic rings. The summed E-state index contributed by atoms with van der Waals surface area (Å²) in [4.78, 5) is 0. The maximum atomic E-state index is 7.07. The average molecular weight is 630 g/mol. The molecule has 2 heterocycles. The minimum atomic E-state index is 0.773. The van der Waals surface area contributed by atoms with Gasteiger partial charge in [0.05, 0.1) is 17.7 Å². The highest BCUT2D eigenvalue weighted by Gasteiger charge is 2.19. The van der Waals surface area contributed by atoms with Crippen LogP contribution < -0.4 is 0 Å². The van der Waals surface area contributed by atoms with Crippen molar-refractivity contribution in [3.05, 3.63) is 203 Å². The van der Waals surface area contributed by atoms with Gasteiger partial charge in [-0.3, -0.25) is 0 Å². The standard InChI is InChI=1S/C44H34ClO2/c45-44-36(24-26-40-28-38(32-14-5-1-6-15-32)30-42(46-40)34-18-9-3-10-19-34)22-13-23-37(44)25-27-41-29-39(33-16-7-2-8-17-33)31-43(47-41)35-20-11-4-12-21-35/h1-12,14-21,24-31H,13,22-23H2/q+1. The van der Waals surface area contributed by atoms with Crippen LogP contribution in [0.2, 0.25) is 0 Å². The van der Waals surface area contributed by atoms with Gasteiger partial charge in [-0.25, -0.2) is 4.42 Å². The number of ether oxygens (including phenoxy) is 1. The molecule has 228 valence electrons. The summed E-state index contributed by atoms with van der Waals surface area (Å²) in [7, 11) is 0. The molecule has 0 unspecified atom stereocenters. The van der Waals surface area contributed by atoms with Crippen molar-refractivity contribution in [2.24, 2.45) is 0 Å². The largest absolute Gasteiger partial charge is 0.457 e. The van der Waals surface area contributed by atoms with Gasteiger partial charge in [-0.2, -0.15) is 0 Å². The van der Waals surface area contributed by atoms with Crippen LogP contribution in [0.5, 0.6) is 0 Å². The second-order valence-electron chi connectivity index (χ2n) is 11.6. The molecule has 0 bridgehead atoms. The summed E-state index contributed by atoms with van der Waals surface area (Å²) >= 11 is 7.07. The third-order valence-corrected chi connectivity index (χ3v) is 8.79. The van der Waals surface area contributed by atoms with Crippen LogP contribution in [0.15, 0.2) is 190 Å². The molecule has 0 radical (unpaired) electrons. The van der Waals surface area contributed by atoms with Gasteiger partial charge in [-0.1, -0.05) is 127 Å². The van der Waals surface area contributed by atoms with E-state index in [1.165, 1.54) is 0 Å². The van der Waals surface area contributed by atoms with Crippen LogP contribution >= 0.6 is 11.6 Å². The fourth-order valence-electron chi connectivity index (χ4n) is 5.87. The van der Waals surface area contributed by atoms with Gasteiger partial charge >= 0.3 is 11.5 Å². The molecule has 2 nitrogen and oxygen atoms in total. The minimum absolute atomic E-state index is 0.773. The molecule has 4 aromatic carbocycles. The number of halogens is 1. The predicted octanol–water partition coefficient (Wildman–Crippen LogP) is 12.5. The number of allylic oxidation sites excluding steroid dienone is 9. The molecule has 7 rings (SSSR count). The summed E-state index contributed by atoms with van der Waals surface area (Å²) in [5.41, 5.74) is 8.75. The second-order valence-corrected chi connectivity index (χ2v) is 12.0. The van der Waals surface area contributed by atoms with Crippen molar-refractivity contribution in [2.75, 3.05) is 0 Å². The summed E-state index contributed by atoms with van der Waals surface area (Å²) in [6.45, 7) is 0. The third kappa shape index (κ3) is 7.35. The average Bonchev–Trinajstić information content (AvgIpc) is 3.15. The molecule has 1 aliphatic heterocycles. The van der Waals surface area contributed by atoms with Crippen LogP contribution in [0.3, 0.4) is 0 Å². The van der Waals surface area contributed by atoms with E-state index in [2.05, 4.69) is 109 Å². The molecule has 1 aliphatic carbocycles. The van der Waals surface area contributed by atoms with Crippen molar-refractivity contribution in [3.8, 4) is 22.5 Å².